The SMILES string of the molecule is COc1ccc(C(=O)O[C@@H]2C[C@H](n3cc(C)c(=O)[nH]c3=O)O[C@@H]2COP(=O)(O)OP(=O)(O)OP(=O)(O)O)c(C(C)N=[N+]=[N-])c1. The smallest absolute Gasteiger partial charge is 0.490 e. The van der Waals surface area contributed by atoms with Crippen LogP contribution in [0.25, 0.3) is 10.4 Å². The van der Waals surface area contributed by atoms with E-state index in [0.717, 1.165) is 10.8 Å². The van der Waals surface area contributed by atoms with Gasteiger partial charge in [0, 0.05) is 23.1 Å². The summed E-state index contributed by atoms with van der Waals surface area (Å²) in [6, 6.07) is 3.31. The molecule has 1 fully saturated rings. The molecule has 24 heteroatoms. The second kappa shape index (κ2) is 13.9. The first-order chi connectivity index (χ1) is 20.3. The van der Waals surface area contributed by atoms with Gasteiger partial charge in [-0.2, -0.15) is 8.62 Å². The fraction of sp³-hybridized carbons (Fsp3) is 0.450. The Balaban J connectivity index is 1.91. The molecule has 0 bridgehead atoms. The molecule has 0 aliphatic carbocycles. The summed E-state index contributed by atoms with van der Waals surface area (Å²) in [6.45, 7) is 1.88. The van der Waals surface area contributed by atoms with Crippen LogP contribution in [0.4, 0.5) is 0 Å². The van der Waals surface area contributed by atoms with Gasteiger partial charge in [-0.15, -0.1) is 0 Å². The standard InChI is InChI=1S/C20H26N5O16P3/c1-10-8-25(20(28)22-18(10)26)17-7-15(16(38-17)9-37-43(32,33)41-44(34,35)40-42(29,30)31)39-19(27)13-5-4-12(36-3)6-14(13)11(2)23-24-21/h4-6,8,11,15-17H,7,9H2,1-3H3,(H,32,33)(H,34,35)(H,22,26,28)(H2,29,30,31)/t11?,15-,16-,17-/m1/s1. The van der Waals surface area contributed by atoms with Gasteiger partial charge in [-0.05, 0) is 36.2 Å². The predicted octanol–water partition coefficient (Wildman–Crippen LogP) is 2.08. The number of aryl methyl sites for hydroxylation is 1. The Kier molecular flexibility index (Phi) is 11.1. The summed E-state index contributed by atoms with van der Waals surface area (Å²) in [6.07, 6.45) is -3.23. The maximum atomic E-state index is 13.3. The van der Waals surface area contributed by atoms with Crippen LogP contribution in [0.2, 0.25) is 0 Å². The highest BCUT2D eigenvalue weighted by Crippen LogP contribution is 2.66. The minimum absolute atomic E-state index is 0.0714. The number of aromatic amines is 1. The minimum Gasteiger partial charge on any atom is -0.497 e. The molecule has 1 saturated heterocycles. The number of ether oxygens (including phenoxy) is 3. The number of H-pyrrole nitrogens is 1. The number of benzene rings is 1. The number of nitrogens with one attached hydrogen (secondary N) is 1. The van der Waals surface area contributed by atoms with Crippen molar-refractivity contribution in [2.45, 2.75) is 44.7 Å². The Hall–Kier alpha value is -3.15. The normalized spacial score (nSPS) is 21.8. The van der Waals surface area contributed by atoms with Crippen molar-refractivity contribution in [3.63, 3.8) is 0 Å². The molecule has 0 amide bonds. The van der Waals surface area contributed by atoms with Gasteiger partial charge >= 0.3 is 35.1 Å². The molecule has 3 rings (SSSR count). The summed E-state index contributed by atoms with van der Waals surface area (Å²) < 4.78 is 64.2. The second-order valence-electron chi connectivity index (χ2n) is 9.01. The quantitative estimate of drug-likeness (QED) is 0.0662. The van der Waals surface area contributed by atoms with E-state index in [1.807, 2.05) is 0 Å². The van der Waals surface area contributed by atoms with Crippen molar-refractivity contribution >= 4 is 29.4 Å². The highest BCUT2D eigenvalue weighted by atomic mass is 31.3. The van der Waals surface area contributed by atoms with E-state index in [1.165, 1.54) is 39.2 Å². The molecule has 0 saturated carbocycles. The monoisotopic (exact) mass is 685 g/mol. The largest absolute Gasteiger partial charge is 0.497 e. The number of rotatable bonds is 13. The van der Waals surface area contributed by atoms with Gasteiger partial charge in [-0.3, -0.25) is 18.9 Å². The van der Waals surface area contributed by atoms with E-state index >= 15 is 0 Å². The molecule has 0 radical (unpaired) electrons. The van der Waals surface area contributed by atoms with Crippen LogP contribution in [0.3, 0.4) is 0 Å². The average molecular weight is 685 g/mol. The number of methoxy groups -OCH3 is 1. The van der Waals surface area contributed by atoms with Gasteiger partial charge in [0.15, 0.2) is 0 Å². The zero-order chi connectivity index (χ0) is 33.0. The third-order valence-electron chi connectivity index (χ3n) is 5.87. The average Bonchev–Trinajstić information content (AvgIpc) is 3.29. The molecule has 1 aliphatic heterocycles. The van der Waals surface area contributed by atoms with Crippen LogP contribution in [0.5, 0.6) is 5.75 Å². The molecular weight excluding hydrogens is 659 g/mol. The number of esters is 1. The maximum Gasteiger partial charge on any atom is 0.490 e. The highest BCUT2D eigenvalue weighted by Gasteiger charge is 2.44. The molecule has 44 heavy (non-hydrogen) atoms. The second-order valence-corrected chi connectivity index (χ2v) is 13.4. The van der Waals surface area contributed by atoms with Crippen LogP contribution < -0.4 is 16.0 Å². The minimum atomic E-state index is -5.83. The lowest BCUT2D eigenvalue weighted by Crippen LogP contribution is -2.33. The number of hydrogen-bond donors (Lipinski definition) is 5. The molecule has 242 valence electrons. The van der Waals surface area contributed by atoms with Crippen molar-refractivity contribution in [3.8, 4) is 5.75 Å². The summed E-state index contributed by atoms with van der Waals surface area (Å²) in [5, 5.41) is 3.57. The van der Waals surface area contributed by atoms with Crippen LogP contribution in [-0.2, 0) is 36.3 Å². The van der Waals surface area contributed by atoms with E-state index in [9.17, 15) is 37.9 Å². The first-order valence-electron chi connectivity index (χ1n) is 12.0. The lowest BCUT2D eigenvalue weighted by Gasteiger charge is -2.22. The number of hydrogen-bond acceptors (Lipinski definition) is 13. The van der Waals surface area contributed by atoms with Gasteiger partial charge < -0.3 is 33.8 Å². The third kappa shape index (κ3) is 9.42. The molecule has 2 aromatic rings. The fourth-order valence-electron chi connectivity index (χ4n) is 3.96. The highest BCUT2D eigenvalue weighted by molar-refractivity contribution is 7.66. The van der Waals surface area contributed by atoms with E-state index in [0.29, 0.717) is 5.75 Å². The lowest BCUT2D eigenvalue weighted by molar-refractivity contribution is -0.0512. The Morgan fingerprint density at radius 1 is 1.20 bits per heavy atom. The van der Waals surface area contributed by atoms with E-state index < -0.39 is 71.8 Å². The van der Waals surface area contributed by atoms with Crippen molar-refractivity contribution in [2.24, 2.45) is 5.11 Å². The van der Waals surface area contributed by atoms with Gasteiger partial charge in [-0.25, -0.2) is 23.3 Å². The van der Waals surface area contributed by atoms with E-state index in [4.69, 9.17) is 29.5 Å². The number of phosphoric ester groups is 1. The van der Waals surface area contributed by atoms with Crippen molar-refractivity contribution in [1.29, 1.82) is 0 Å². The molecule has 1 aromatic carbocycles. The Labute approximate surface area is 246 Å². The van der Waals surface area contributed by atoms with Gasteiger partial charge in [-0.1, -0.05) is 12.0 Å². The van der Waals surface area contributed by atoms with Crippen molar-refractivity contribution in [2.75, 3.05) is 13.7 Å². The summed E-state index contributed by atoms with van der Waals surface area (Å²) in [7, 11) is -15.7. The number of carbonyl (C=O) groups is 1. The van der Waals surface area contributed by atoms with E-state index in [-0.39, 0.29) is 23.1 Å². The summed E-state index contributed by atoms with van der Waals surface area (Å²) in [4.78, 5) is 79.0. The topological polar surface area (TPSA) is 308 Å². The van der Waals surface area contributed by atoms with Gasteiger partial charge in [0.2, 0.25) is 0 Å². The number of aromatic nitrogens is 2. The molecule has 5 N–H and O–H groups in total. The zero-order valence-electron chi connectivity index (χ0n) is 22.9. The molecular formula is C20H26N5O16P3. The van der Waals surface area contributed by atoms with Crippen LogP contribution in [0.1, 0.15) is 47.1 Å². The number of azide groups is 1. The third-order valence-corrected chi connectivity index (χ3v) is 9.67. The number of phosphoric acid groups is 3. The lowest BCUT2D eigenvalue weighted by atomic mass is 10.0. The van der Waals surface area contributed by atoms with Crippen molar-refractivity contribution < 1.29 is 65.4 Å². The molecule has 1 aromatic heterocycles. The fourth-order valence-corrected chi connectivity index (χ4v) is 6.99. The molecule has 1 aliphatic rings. The summed E-state index contributed by atoms with van der Waals surface area (Å²) >= 11 is 0. The van der Waals surface area contributed by atoms with Crippen molar-refractivity contribution in [1.82, 2.24) is 9.55 Å². The van der Waals surface area contributed by atoms with Gasteiger partial charge in [0.25, 0.3) is 5.56 Å². The molecule has 0 spiro atoms. The number of nitrogens with zero attached hydrogens (tertiary/aromatic N) is 4. The van der Waals surface area contributed by atoms with Gasteiger partial charge in [0.1, 0.15) is 24.2 Å². The maximum absolute atomic E-state index is 13.3. The Morgan fingerprint density at radius 3 is 2.50 bits per heavy atom. The molecule has 6 atom stereocenters. The van der Waals surface area contributed by atoms with Crippen LogP contribution in [-0.4, -0.2) is 61.0 Å². The van der Waals surface area contributed by atoms with Crippen LogP contribution in [0.15, 0.2) is 39.1 Å². The van der Waals surface area contributed by atoms with Crippen LogP contribution >= 0.6 is 23.5 Å². The van der Waals surface area contributed by atoms with E-state index in [2.05, 4.69) is 28.2 Å². The van der Waals surface area contributed by atoms with Gasteiger partial charge in [0.05, 0.1) is 25.3 Å². The number of carbonyl (C=O) groups excluding carboxylic acids is 1. The molecule has 3 unspecified atom stereocenters. The molecule has 21 nitrogen and oxygen atoms in total. The zero-order valence-corrected chi connectivity index (χ0v) is 25.5. The first-order valence-corrected chi connectivity index (χ1v) is 16.6. The van der Waals surface area contributed by atoms with Crippen LogP contribution in [0, 0.1) is 6.92 Å². The predicted molar refractivity (Wildman–Crippen MR) is 144 cm³/mol. The molecule has 2 heterocycles. The first kappa shape index (κ1) is 35.3. The Morgan fingerprint density at radius 2 is 1.89 bits per heavy atom. The summed E-state index contributed by atoms with van der Waals surface area (Å²) in [5.74, 6) is -0.673. The van der Waals surface area contributed by atoms with E-state index in [1.54, 1.807) is 0 Å². The summed E-state index contributed by atoms with van der Waals surface area (Å²) in [5.41, 5.74) is 7.51. The van der Waals surface area contributed by atoms with Crippen molar-refractivity contribution in [3.05, 3.63) is 72.4 Å². The Bertz CT molecular complexity index is 1720.